The van der Waals surface area contributed by atoms with Gasteiger partial charge in [0.05, 0.1) is 6.54 Å². The molecule has 4 heteroatoms. The average Bonchev–Trinajstić information content (AvgIpc) is 2.78. The zero-order valence-corrected chi connectivity index (χ0v) is 10.6. The number of rotatable bonds is 2. The van der Waals surface area contributed by atoms with E-state index in [0.29, 0.717) is 6.42 Å². The Labute approximate surface area is 101 Å². The van der Waals surface area contributed by atoms with Crippen molar-refractivity contribution in [3.8, 4) is 0 Å². The van der Waals surface area contributed by atoms with E-state index >= 15 is 0 Å². The lowest BCUT2D eigenvalue weighted by Crippen LogP contribution is -2.32. The number of amidine groups is 1. The highest BCUT2D eigenvalue weighted by Crippen LogP contribution is 2.22. The highest BCUT2D eigenvalue weighted by atomic mass is 32.2. The van der Waals surface area contributed by atoms with Crippen LogP contribution in [0.5, 0.6) is 0 Å². The molecule has 1 heterocycles. The first-order chi connectivity index (χ1) is 7.81. The second-order valence-electron chi connectivity index (χ2n) is 4.20. The fourth-order valence-corrected chi connectivity index (χ4v) is 2.82. The second kappa shape index (κ2) is 5.53. The normalized spacial score (nSPS) is 20.7. The zero-order valence-electron chi connectivity index (χ0n) is 9.74. The first kappa shape index (κ1) is 11.7. The van der Waals surface area contributed by atoms with Crippen LogP contribution in [0.15, 0.2) is 16.6 Å². The monoisotopic (exact) mass is 238 g/mol. The summed E-state index contributed by atoms with van der Waals surface area (Å²) in [6, 6.07) is 0. The Morgan fingerprint density at radius 2 is 2.44 bits per heavy atom. The van der Waals surface area contributed by atoms with Crippen molar-refractivity contribution < 1.29 is 4.79 Å². The van der Waals surface area contributed by atoms with Crippen LogP contribution >= 0.6 is 11.8 Å². The highest BCUT2D eigenvalue weighted by Gasteiger charge is 2.23. The van der Waals surface area contributed by atoms with E-state index in [2.05, 4.69) is 11.1 Å². The lowest BCUT2D eigenvalue weighted by Gasteiger charge is -2.19. The van der Waals surface area contributed by atoms with Gasteiger partial charge in [0.2, 0.25) is 5.91 Å². The molecule has 3 nitrogen and oxygen atoms in total. The first-order valence-corrected chi connectivity index (χ1v) is 7.10. The highest BCUT2D eigenvalue weighted by molar-refractivity contribution is 8.13. The maximum atomic E-state index is 12.1. The fraction of sp³-hybridized carbons (Fsp3) is 0.667. The fourth-order valence-electron chi connectivity index (χ4n) is 2.19. The van der Waals surface area contributed by atoms with Crippen molar-refractivity contribution in [2.24, 2.45) is 4.99 Å². The van der Waals surface area contributed by atoms with Gasteiger partial charge in [-0.3, -0.25) is 14.7 Å². The molecule has 2 aliphatic rings. The number of nitrogens with zero attached hydrogens (tertiary/aromatic N) is 2. The number of hydrogen-bond donors (Lipinski definition) is 0. The van der Waals surface area contributed by atoms with E-state index in [1.54, 1.807) is 11.8 Å². The van der Waals surface area contributed by atoms with E-state index in [4.69, 9.17) is 0 Å². The summed E-state index contributed by atoms with van der Waals surface area (Å²) >= 11 is 1.57. The van der Waals surface area contributed by atoms with Crippen LogP contribution in [0, 0.1) is 0 Å². The van der Waals surface area contributed by atoms with Crippen LogP contribution in [-0.4, -0.2) is 35.3 Å². The number of aliphatic imine (C=N–C) groups is 1. The minimum absolute atomic E-state index is 0.221. The third kappa shape index (κ3) is 2.67. The Bertz CT molecular complexity index is 336. The molecule has 0 saturated carbocycles. The molecule has 0 aromatic rings. The summed E-state index contributed by atoms with van der Waals surface area (Å²) in [4.78, 5) is 18.2. The molecule has 0 aromatic heterocycles. The third-order valence-electron chi connectivity index (χ3n) is 3.05. The average molecular weight is 238 g/mol. The molecule has 16 heavy (non-hydrogen) atoms. The largest absolute Gasteiger partial charge is 0.289 e. The van der Waals surface area contributed by atoms with Crippen LogP contribution in [0.1, 0.15) is 32.1 Å². The molecule has 2 rings (SSSR count). The molecule has 0 bridgehead atoms. The molecule has 0 spiro atoms. The second-order valence-corrected chi connectivity index (χ2v) is 4.97. The predicted octanol–water partition coefficient (Wildman–Crippen LogP) is 2.44. The predicted molar refractivity (Wildman–Crippen MR) is 68.7 cm³/mol. The van der Waals surface area contributed by atoms with Crippen molar-refractivity contribution in [2.75, 3.05) is 19.3 Å². The van der Waals surface area contributed by atoms with Gasteiger partial charge in [-0.25, -0.2) is 0 Å². The quantitative estimate of drug-likeness (QED) is 0.692. The zero-order chi connectivity index (χ0) is 11.4. The Morgan fingerprint density at radius 3 is 3.12 bits per heavy atom. The Hall–Kier alpha value is -0.770. The standard InChI is InChI=1S/C12H18N2OS/c1-16-12-13-7-8-14(12)11(15)9-10-5-3-2-4-6-10/h5H,2-4,6-9H2,1H3. The lowest BCUT2D eigenvalue weighted by atomic mass is 9.97. The van der Waals surface area contributed by atoms with E-state index < -0.39 is 0 Å². The topological polar surface area (TPSA) is 32.7 Å². The molecule has 0 radical (unpaired) electrons. The van der Waals surface area contributed by atoms with Crippen LogP contribution in [0.25, 0.3) is 0 Å². The number of thioether (sulfide) groups is 1. The van der Waals surface area contributed by atoms with Gasteiger partial charge in [0, 0.05) is 13.0 Å². The molecule has 1 amide bonds. The van der Waals surface area contributed by atoms with Crippen molar-refractivity contribution in [2.45, 2.75) is 32.1 Å². The molecule has 0 atom stereocenters. The van der Waals surface area contributed by atoms with Gasteiger partial charge in [0.25, 0.3) is 0 Å². The van der Waals surface area contributed by atoms with Crippen molar-refractivity contribution in [1.82, 2.24) is 4.90 Å². The smallest absolute Gasteiger partial charge is 0.232 e. The molecule has 0 unspecified atom stereocenters. The first-order valence-electron chi connectivity index (χ1n) is 5.88. The Morgan fingerprint density at radius 1 is 1.56 bits per heavy atom. The number of allylic oxidation sites excluding steroid dienone is 1. The summed E-state index contributed by atoms with van der Waals surface area (Å²) in [6.07, 6.45) is 9.58. The van der Waals surface area contributed by atoms with Gasteiger partial charge in [-0.1, -0.05) is 23.4 Å². The maximum absolute atomic E-state index is 12.1. The van der Waals surface area contributed by atoms with Gasteiger partial charge in [0.1, 0.15) is 0 Å². The molecule has 1 aliphatic carbocycles. The van der Waals surface area contributed by atoms with E-state index in [1.807, 2.05) is 11.2 Å². The Kier molecular flexibility index (Phi) is 4.04. The van der Waals surface area contributed by atoms with Gasteiger partial charge in [-0.2, -0.15) is 0 Å². The summed E-state index contributed by atoms with van der Waals surface area (Å²) in [5.41, 5.74) is 1.32. The van der Waals surface area contributed by atoms with E-state index in [-0.39, 0.29) is 5.91 Å². The SMILES string of the molecule is CSC1=NCCN1C(=O)CC1=CCCCC1. The van der Waals surface area contributed by atoms with Crippen LogP contribution in [0.3, 0.4) is 0 Å². The van der Waals surface area contributed by atoms with Crippen molar-refractivity contribution in [1.29, 1.82) is 0 Å². The van der Waals surface area contributed by atoms with E-state index in [1.165, 1.54) is 18.4 Å². The molecular weight excluding hydrogens is 220 g/mol. The molecule has 88 valence electrons. The lowest BCUT2D eigenvalue weighted by molar-refractivity contribution is -0.126. The van der Waals surface area contributed by atoms with Crippen molar-refractivity contribution >= 4 is 22.8 Å². The van der Waals surface area contributed by atoms with E-state index in [9.17, 15) is 4.79 Å². The van der Waals surface area contributed by atoms with E-state index in [0.717, 1.165) is 31.1 Å². The van der Waals surface area contributed by atoms with Gasteiger partial charge in [-0.15, -0.1) is 0 Å². The van der Waals surface area contributed by atoms with Crippen molar-refractivity contribution in [3.05, 3.63) is 11.6 Å². The Balaban J connectivity index is 1.92. The van der Waals surface area contributed by atoms with Crippen LogP contribution in [-0.2, 0) is 4.79 Å². The van der Waals surface area contributed by atoms with Crippen LogP contribution < -0.4 is 0 Å². The van der Waals surface area contributed by atoms with Crippen LogP contribution in [0.2, 0.25) is 0 Å². The number of amides is 1. The minimum atomic E-state index is 0.221. The third-order valence-corrected chi connectivity index (χ3v) is 3.76. The molecule has 1 aliphatic heterocycles. The summed E-state index contributed by atoms with van der Waals surface area (Å²) < 4.78 is 0. The minimum Gasteiger partial charge on any atom is -0.289 e. The maximum Gasteiger partial charge on any atom is 0.232 e. The summed E-state index contributed by atoms with van der Waals surface area (Å²) in [5.74, 6) is 0.221. The summed E-state index contributed by atoms with van der Waals surface area (Å²) in [6.45, 7) is 1.53. The van der Waals surface area contributed by atoms with Crippen LogP contribution in [0.4, 0.5) is 0 Å². The molecule has 0 aromatic carbocycles. The summed E-state index contributed by atoms with van der Waals surface area (Å²) in [5, 5.41) is 0.890. The van der Waals surface area contributed by atoms with Crippen molar-refractivity contribution in [3.63, 3.8) is 0 Å². The summed E-state index contributed by atoms with van der Waals surface area (Å²) in [7, 11) is 0. The number of hydrogen-bond acceptors (Lipinski definition) is 3. The van der Waals surface area contributed by atoms with Gasteiger partial charge in [-0.05, 0) is 31.9 Å². The molecule has 0 saturated heterocycles. The number of carbonyl (C=O) groups excluding carboxylic acids is 1. The van der Waals surface area contributed by atoms with Gasteiger partial charge >= 0.3 is 0 Å². The molecule has 0 N–H and O–H groups in total. The van der Waals surface area contributed by atoms with Gasteiger partial charge in [0.15, 0.2) is 5.17 Å². The number of carbonyl (C=O) groups is 1. The molecular formula is C12H18N2OS. The van der Waals surface area contributed by atoms with Gasteiger partial charge < -0.3 is 0 Å². The molecule has 0 fully saturated rings.